The SMILES string of the molecule is CC(C)Cn1c(CN(C(=O)c2ccc(F)cc2)C(C)C)cnc1S(=O)(=O)Cc1cccc(Cl)c1. The van der Waals surface area contributed by atoms with E-state index in [0.29, 0.717) is 28.4 Å². The minimum absolute atomic E-state index is 0.0332. The van der Waals surface area contributed by atoms with E-state index in [0.717, 1.165) is 0 Å². The van der Waals surface area contributed by atoms with Crippen molar-refractivity contribution in [2.75, 3.05) is 0 Å². The van der Waals surface area contributed by atoms with Gasteiger partial charge >= 0.3 is 0 Å². The zero-order valence-corrected chi connectivity index (χ0v) is 21.3. The molecule has 34 heavy (non-hydrogen) atoms. The Hall–Kier alpha value is -2.71. The first-order valence-corrected chi connectivity index (χ1v) is 13.1. The molecule has 0 unspecified atom stereocenters. The first-order chi connectivity index (χ1) is 16.0. The highest BCUT2D eigenvalue weighted by Crippen LogP contribution is 2.23. The fourth-order valence-corrected chi connectivity index (χ4v) is 5.36. The molecular weight excluding hydrogens is 477 g/mol. The molecule has 0 saturated heterocycles. The van der Waals surface area contributed by atoms with E-state index in [4.69, 9.17) is 11.6 Å². The Morgan fingerprint density at radius 1 is 1.12 bits per heavy atom. The van der Waals surface area contributed by atoms with Crippen LogP contribution in [0, 0.1) is 11.7 Å². The minimum Gasteiger partial charge on any atom is -0.330 e. The maximum absolute atomic E-state index is 13.3. The summed E-state index contributed by atoms with van der Waals surface area (Å²) in [6.07, 6.45) is 1.51. The summed E-state index contributed by atoms with van der Waals surface area (Å²) in [6.45, 7) is 8.32. The monoisotopic (exact) mass is 505 g/mol. The van der Waals surface area contributed by atoms with Crippen LogP contribution >= 0.6 is 11.6 Å². The topological polar surface area (TPSA) is 72.3 Å². The van der Waals surface area contributed by atoms with Crippen molar-refractivity contribution in [3.8, 4) is 0 Å². The lowest BCUT2D eigenvalue weighted by atomic mass is 10.1. The lowest BCUT2D eigenvalue weighted by Gasteiger charge is -2.27. The third-order valence-electron chi connectivity index (χ3n) is 5.28. The number of hydrogen-bond donors (Lipinski definition) is 0. The van der Waals surface area contributed by atoms with E-state index in [1.54, 1.807) is 33.7 Å². The van der Waals surface area contributed by atoms with E-state index in [1.165, 1.54) is 30.5 Å². The molecule has 0 atom stereocenters. The lowest BCUT2D eigenvalue weighted by molar-refractivity contribution is 0.0685. The van der Waals surface area contributed by atoms with Gasteiger partial charge in [0.1, 0.15) is 5.82 Å². The third kappa shape index (κ3) is 6.24. The van der Waals surface area contributed by atoms with Crippen LogP contribution in [-0.4, -0.2) is 34.8 Å². The van der Waals surface area contributed by atoms with Crippen LogP contribution in [0.25, 0.3) is 0 Å². The molecule has 0 spiro atoms. The molecule has 9 heteroatoms. The quantitative estimate of drug-likeness (QED) is 0.392. The van der Waals surface area contributed by atoms with Gasteiger partial charge in [0, 0.05) is 23.2 Å². The van der Waals surface area contributed by atoms with Crippen LogP contribution in [0.4, 0.5) is 4.39 Å². The molecule has 1 aromatic heterocycles. The van der Waals surface area contributed by atoms with Crippen molar-refractivity contribution in [3.05, 3.63) is 82.4 Å². The maximum Gasteiger partial charge on any atom is 0.254 e. The van der Waals surface area contributed by atoms with Crippen LogP contribution in [0.15, 0.2) is 59.9 Å². The van der Waals surface area contributed by atoms with Crippen LogP contribution in [0.3, 0.4) is 0 Å². The third-order valence-corrected chi connectivity index (χ3v) is 7.11. The molecule has 0 radical (unpaired) electrons. The average Bonchev–Trinajstić information content (AvgIpc) is 3.14. The Kier molecular flexibility index (Phi) is 8.15. The second kappa shape index (κ2) is 10.7. The average molecular weight is 506 g/mol. The first kappa shape index (κ1) is 25.9. The van der Waals surface area contributed by atoms with Gasteiger partial charge in [-0.3, -0.25) is 4.79 Å². The summed E-state index contributed by atoms with van der Waals surface area (Å²) in [7, 11) is -3.77. The molecular formula is C25H29ClFN3O3S. The number of hydrogen-bond acceptors (Lipinski definition) is 4. The zero-order valence-electron chi connectivity index (χ0n) is 19.7. The molecule has 0 N–H and O–H groups in total. The molecule has 6 nitrogen and oxygen atoms in total. The lowest BCUT2D eigenvalue weighted by Crippen LogP contribution is -2.37. The van der Waals surface area contributed by atoms with Gasteiger partial charge in [-0.05, 0) is 61.7 Å². The molecule has 0 aliphatic heterocycles. The van der Waals surface area contributed by atoms with Gasteiger partial charge in [0.2, 0.25) is 15.0 Å². The van der Waals surface area contributed by atoms with Crippen LogP contribution in [0.2, 0.25) is 5.02 Å². The van der Waals surface area contributed by atoms with Gasteiger partial charge in [0.05, 0.1) is 24.2 Å². The summed E-state index contributed by atoms with van der Waals surface area (Å²) in [4.78, 5) is 19.0. The van der Waals surface area contributed by atoms with Crippen molar-refractivity contribution in [3.63, 3.8) is 0 Å². The molecule has 0 aliphatic carbocycles. The number of rotatable bonds is 9. The molecule has 0 saturated carbocycles. The summed E-state index contributed by atoms with van der Waals surface area (Å²) in [5.41, 5.74) is 1.55. The fraction of sp³-hybridized carbons (Fsp3) is 0.360. The van der Waals surface area contributed by atoms with Gasteiger partial charge in [-0.15, -0.1) is 0 Å². The second-order valence-electron chi connectivity index (χ2n) is 8.96. The number of nitrogens with zero attached hydrogens (tertiary/aromatic N) is 3. The van der Waals surface area contributed by atoms with Gasteiger partial charge < -0.3 is 9.47 Å². The van der Waals surface area contributed by atoms with Crippen LogP contribution in [0.5, 0.6) is 0 Å². The van der Waals surface area contributed by atoms with Gasteiger partial charge in [-0.1, -0.05) is 37.6 Å². The molecule has 0 bridgehead atoms. The van der Waals surface area contributed by atoms with Crippen LogP contribution in [-0.2, 0) is 28.7 Å². The van der Waals surface area contributed by atoms with E-state index in [2.05, 4.69) is 4.98 Å². The maximum atomic E-state index is 13.3. The number of carbonyl (C=O) groups excluding carboxylic acids is 1. The first-order valence-electron chi connectivity index (χ1n) is 11.1. The Morgan fingerprint density at radius 3 is 2.38 bits per heavy atom. The normalized spacial score (nSPS) is 11.9. The zero-order chi connectivity index (χ0) is 25.0. The van der Waals surface area contributed by atoms with E-state index in [1.807, 2.05) is 27.7 Å². The number of sulfone groups is 1. The summed E-state index contributed by atoms with van der Waals surface area (Å²) in [5.74, 6) is -0.772. The summed E-state index contributed by atoms with van der Waals surface area (Å²) < 4.78 is 41.6. The molecule has 3 aromatic rings. The van der Waals surface area contributed by atoms with Gasteiger partial charge in [0.25, 0.3) is 5.91 Å². The largest absolute Gasteiger partial charge is 0.330 e. The number of halogens is 2. The smallest absolute Gasteiger partial charge is 0.254 e. The van der Waals surface area contributed by atoms with Gasteiger partial charge in [-0.25, -0.2) is 17.8 Å². The number of carbonyl (C=O) groups is 1. The molecule has 2 aromatic carbocycles. The summed E-state index contributed by atoms with van der Waals surface area (Å²) in [5, 5.41) is 0.430. The fourth-order valence-electron chi connectivity index (χ4n) is 3.66. The van der Waals surface area contributed by atoms with E-state index >= 15 is 0 Å². The Morgan fingerprint density at radius 2 is 1.79 bits per heavy atom. The standard InChI is InChI=1S/C25H29ClFN3O3S/c1-17(2)14-30-23(15-29(18(3)4)24(31)20-8-10-22(27)11-9-20)13-28-25(30)34(32,33)16-19-6-5-7-21(26)12-19/h5-13,17-18H,14-16H2,1-4H3. The molecule has 3 rings (SSSR count). The number of amides is 1. The van der Waals surface area contributed by atoms with Crippen LogP contribution < -0.4 is 0 Å². The second-order valence-corrected chi connectivity index (χ2v) is 11.3. The van der Waals surface area contributed by atoms with Crippen molar-refractivity contribution in [1.29, 1.82) is 0 Å². The predicted octanol–water partition coefficient (Wildman–Crippen LogP) is 5.36. The highest BCUT2D eigenvalue weighted by molar-refractivity contribution is 7.90. The van der Waals surface area contributed by atoms with Crippen LogP contribution in [0.1, 0.15) is 49.3 Å². The number of aromatic nitrogens is 2. The Balaban J connectivity index is 1.96. The van der Waals surface area contributed by atoms with E-state index in [-0.39, 0.29) is 35.3 Å². The van der Waals surface area contributed by atoms with Gasteiger partial charge in [0.15, 0.2) is 0 Å². The Bertz CT molecular complexity index is 1250. The van der Waals surface area contributed by atoms with Crippen molar-refractivity contribution in [1.82, 2.24) is 14.5 Å². The minimum atomic E-state index is -3.77. The predicted molar refractivity (Wildman–Crippen MR) is 131 cm³/mol. The van der Waals surface area contributed by atoms with Crippen molar-refractivity contribution < 1.29 is 17.6 Å². The highest BCUT2D eigenvalue weighted by Gasteiger charge is 2.27. The summed E-state index contributed by atoms with van der Waals surface area (Å²) >= 11 is 6.03. The van der Waals surface area contributed by atoms with Crippen molar-refractivity contribution in [2.45, 2.75) is 57.7 Å². The molecule has 0 aliphatic rings. The molecule has 182 valence electrons. The van der Waals surface area contributed by atoms with Crippen molar-refractivity contribution in [2.24, 2.45) is 5.92 Å². The van der Waals surface area contributed by atoms with Crippen molar-refractivity contribution >= 4 is 27.3 Å². The molecule has 1 amide bonds. The molecule has 1 heterocycles. The number of benzene rings is 2. The highest BCUT2D eigenvalue weighted by atomic mass is 35.5. The van der Waals surface area contributed by atoms with Gasteiger partial charge in [-0.2, -0.15) is 0 Å². The number of imidazole rings is 1. The van der Waals surface area contributed by atoms with E-state index in [9.17, 15) is 17.6 Å². The summed E-state index contributed by atoms with van der Waals surface area (Å²) in [6, 6.07) is 11.9. The Labute approximate surface area is 205 Å². The van der Waals surface area contributed by atoms with E-state index < -0.39 is 15.7 Å². The molecule has 0 fully saturated rings.